The van der Waals surface area contributed by atoms with Crippen molar-refractivity contribution in [2.75, 3.05) is 6.61 Å². The summed E-state index contributed by atoms with van der Waals surface area (Å²) in [6.45, 7) is 2.46. The minimum Gasteiger partial charge on any atom is -0.492 e. The van der Waals surface area contributed by atoms with E-state index in [1.165, 1.54) is 18.2 Å². The average molecular weight is 253 g/mol. The summed E-state index contributed by atoms with van der Waals surface area (Å²) < 4.78 is 36.1. The van der Waals surface area contributed by atoms with Gasteiger partial charge in [-0.2, -0.15) is 8.42 Å². The minimum absolute atomic E-state index is 0. The predicted octanol–water partition coefficient (Wildman–Crippen LogP) is 1.73. The first-order valence-corrected chi connectivity index (χ1v) is 6.19. The SMILES string of the molecule is CCCCOc1ccccc1S(=O)(=O)O.[Na]. The van der Waals surface area contributed by atoms with Crippen molar-refractivity contribution in [1.29, 1.82) is 0 Å². The molecule has 1 aromatic rings. The van der Waals surface area contributed by atoms with Crippen LogP contribution in [0.25, 0.3) is 0 Å². The molecule has 4 nitrogen and oxygen atoms in total. The molecule has 0 aliphatic carbocycles. The van der Waals surface area contributed by atoms with E-state index < -0.39 is 10.1 Å². The Bertz CT molecular complexity index is 417. The van der Waals surface area contributed by atoms with E-state index in [1.807, 2.05) is 6.92 Å². The first-order valence-electron chi connectivity index (χ1n) is 4.75. The second-order valence-electron chi connectivity index (χ2n) is 3.12. The number of hydrogen-bond donors (Lipinski definition) is 1. The van der Waals surface area contributed by atoms with Crippen molar-refractivity contribution in [3.05, 3.63) is 24.3 Å². The molecule has 0 aliphatic rings. The monoisotopic (exact) mass is 253 g/mol. The van der Waals surface area contributed by atoms with Gasteiger partial charge in [0, 0.05) is 29.6 Å². The van der Waals surface area contributed by atoms with Crippen LogP contribution in [0.4, 0.5) is 0 Å². The van der Waals surface area contributed by atoms with Crippen LogP contribution >= 0.6 is 0 Å². The molecule has 0 heterocycles. The molecule has 0 amide bonds. The molecule has 85 valence electrons. The molecule has 1 radical (unpaired) electrons. The van der Waals surface area contributed by atoms with Crippen molar-refractivity contribution >= 4 is 39.7 Å². The molecule has 1 rings (SSSR count). The molecule has 16 heavy (non-hydrogen) atoms. The van der Waals surface area contributed by atoms with E-state index in [1.54, 1.807) is 6.07 Å². The van der Waals surface area contributed by atoms with E-state index in [4.69, 9.17) is 9.29 Å². The minimum atomic E-state index is -4.20. The standard InChI is InChI=1S/C10H14O4S.Na/c1-2-3-8-14-9-6-4-5-7-10(9)15(11,12)13;/h4-7H,2-3,8H2,1H3,(H,11,12,13);. The molecule has 6 heteroatoms. The Morgan fingerprint density at radius 2 is 1.94 bits per heavy atom. The number of benzene rings is 1. The number of hydrogen-bond acceptors (Lipinski definition) is 3. The smallest absolute Gasteiger partial charge is 0.298 e. The van der Waals surface area contributed by atoms with Gasteiger partial charge >= 0.3 is 0 Å². The van der Waals surface area contributed by atoms with E-state index in [2.05, 4.69) is 0 Å². The van der Waals surface area contributed by atoms with Gasteiger partial charge in [0.15, 0.2) is 0 Å². The molecule has 1 aromatic carbocycles. The van der Waals surface area contributed by atoms with Crippen molar-refractivity contribution < 1.29 is 17.7 Å². The number of unbranched alkanes of at least 4 members (excludes halogenated alkanes) is 1. The third-order valence-electron chi connectivity index (χ3n) is 1.88. The van der Waals surface area contributed by atoms with Gasteiger partial charge in [0.1, 0.15) is 10.6 Å². The third-order valence-corrected chi connectivity index (χ3v) is 2.78. The van der Waals surface area contributed by atoms with Crippen LogP contribution < -0.4 is 4.74 Å². The van der Waals surface area contributed by atoms with Crippen LogP contribution in [0.2, 0.25) is 0 Å². The second kappa shape index (κ2) is 7.29. The molecule has 0 aromatic heterocycles. The summed E-state index contributed by atoms with van der Waals surface area (Å²) >= 11 is 0. The summed E-state index contributed by atoms with van der Waals surface area (Å²) in [6.07, 6.45) is 1.81. The zero-order valence-corrected chi connectivity index (χ0v) is 12.3. The van der Waals surface area contributed by atoms with Gasteiger partial charge in [-0.15, -0.1) is 0 Å². The quantitative estimate of drug-likeness (QED) is 0.493. The maximum atomic E-state index is 11.0. The number of para-hydroxylation sites is 1. The van der Waals surface area contributed by atoms with E-state index in [0.29, 0.717) is 6.61 Å². The van der Waals surface area contributed by atoms with Crippen LogP contribution in [-0.4, -0.2) is 49.1 Å². The molecule has 0 spiro atoms. The van der Waals surface area contributed by atoms with Gasteiger partial charge in [0.05, 0.1) is 6.61 Å². The first-order chi connectivity index (χ1) is 7.05. The van der Waals surface area contributed by atoms with Crippen LogP contribution in [0.5, 0.6) is 5.75 Å². The fourth-order valence-corrected chi connectivity index (χ4v) is 1.74. The fraction of sp³-hybridized carbons (Fsp3) is 0.400. The van der Waals surface area contributed by atoms with Gasteiger partial charge in [-0.3, -0.25) is 4.55 Å². The molecule has 0 saturated carbocycles. The van der Waals surface area contributed by atoms with E-state index in [-0.39, 0.29) is 40.2 Å². The maximum absolute atomic E-state index is 11.0. The molecular weight excluding hydrogens is 239 g/mol. The Morgan fingerprint density at radius 3 is 2.50 bits per heavy atom. The zero-order valence-electron chi connectivity index (χ0n) is 9.51. The van der Waals surface area contributed by atoms with Crippen molar-refractivity contribution in [2.45, 2.75) is 24.7 Å². The summed E-state index contributed by atoms with van der Waals surface area (Å²) in [5, 5.41) is 0. The van der Waals surface area contributed by atoms with Gasteiger partial charge in [0.25, 0.3) is 10.1 Å². The van der Waals surface area contributed by atoms with Gasteiger partial charge in [-0.25, -0.2) is 0 Å². The van der Waals surface area contributed by atoms with Gasteiger partial charge in [-0.05, 0) is 18.6 Å². The van der Waals surface area contributed by atoms with Crippen molar-refractivity contribution in [3.8, 4) is 5.75 Å². The zero-order chi connectivity index (χ0) is 11.3. The van der Waals surface area contributed by atoms with Gasteiger partial charge in [0.2, 0.25) is 0 Å². The van der Waals surface area contributed by atoms with Crippen LogP contribution in [0.3, 0.4) is 0 Å². The van der Waals surface area contributed by atoms with E-state index in [0.717, 1.165) is 12.8 Å². The molecule has 1 N–H and O–H groups in total. The predicted molar refractivity (Wildman–Crippen MR) is 62.4 cm³/mol. The summed E-state index contributed by atoms with van der Waals surface area (Å²) in [7, 11) is -4.20. The summed E-state index contributed by atoms with van der Waals surface area (Å²) in [4.78, 5) is -0.180. The summed E-state index contributed by atoms with van der Waals surface area (Å²) in [5.41, 5.74) is 0. The van der Waals surface area contributed by atoms with Gasteiger partial charge in [-0.1, -0.05) is 25.5 Å². The van der Waals surface area contributed by atoms with Crippen LogP contribution in [0.1, 0.15) is 19.8 Å². The Morgan fingerprint density at radius 1 is 1.31 bits per heavy atom. The summed E-state index contributed by atoms with van der Waals surface area (Å²) in [5.74, 6) is 0.202. The topological polar surface area (TPSA) is 63.6 Å². The molecule has 0 saturated heterocycles. The van der Waals surface area contributed by atoms with Crippen molar-refractivity contribution in [1.82, 2.24) is 0 Å². The summed E-state index contributed by atoms with van der Waals surface area (Å²) in [6, 6.07) is 6.04. The van der Waals surface area contributed by atoms with E-state index >= 15 is 0 Å². The third kappa shape index (κ3) is 4.84. The molecule has 0 bridgehead atoms. The van der Waals surface area contributed by atoms with Crippen LogP contribution in [-0.2, 0) is 10.1 Å². The Balaban J connectivity index is 0.00000225. The van der Waals surface area contributed by atoms with E-state index in [9.17, 15) is 8.42 Å². The molecular formula is C10H14NaO4S. The van der Waals surface area contributed by atoms with Crippen molar-refractivity contribution in [3.63, 3.8) is 0 Å². The molecule has 0 atom stereocenters. The van der Waals surface area contributed by atoms with Crippen molar-refractivity contribution in [2.24, 2.45) is 0 Å². The molecule has 0 fully saturated rings. The Labute approximate surface area is 118 Å². The Hall–Kier alpha value is -0.0700. The van der Waals surface area contributed by atoms with Gasteiger partial charge < -0.3 is 4.74 Å². The maximum Gasteiger partial charge on any atom is 0.298 e. The van der Waals surface area contributed by atoms with Crippen LogP contribution in [0, 0.1) is 0 Å². The average Bonchev–Trinajstić information content (AvgIpc) is 2.17. The van der Waals surface area contributed by atoms with Crippen LogP contribution in [0.15, 0.2) is 29.2 Å². The Kier molecular flexibility index (Phi) is 7.26. The number of rotatable bonds is 5. The molecule has 0 unspecified atom stereocenters. The number of ether oxygens (including phenoxy) is 1. The second-order valence-corrected chi connectivity index (χ2v) is 4.51. The fourth-order valence-electron chi connectivity index (χ4n) is 1.11. The molecule has 0 aliphatic heterocycles. The largest absolute Gasteiger partial charge is 0.492 e. The normalized spacial score (nSPS) is 10.6. The first kappa shape index (κ1) is 15.9.